The maximum absolute atomic E-state index is 15.1. The summed E-state index contributed by atoms with van der Waals surface area (Å²) in [5.41, 5.74) is 2.91. The maximum atomic E-state index is 15.1. The zero-order valence-electron chi connectivity index (χ0n) is 25.6. The number of nitrogens with zero attached hydrogens (tertiary/aromatic N) is 5. The summed E-state index contributed by atoms with van der Waals surface area (Å²) in [5, 5.41) is 0.724. The first-order valence-electron chi connectivity index (χ1n) is 14.5. The molecule has 43 heavy (non-hydrogen) atoms. The number of ether oxygens (including phenoxy) is 1. The smallest absolute Gasteiger partial charge is 0.410 e. The number of carbonyl (C=O) groups is 1. The Morgan fingerprint density at radius 3 is 2.49 bits per heavy atom. The molecular weight excluding hydrogens is 613 g/mol. The first kappa shape index (κ1) is 30.7. The quantitative estimate of drug-likeness (QED) is 0.232. The van der Waals surface area contributed by atoms with Crippen molar-refractivity contribution in [2.75, 3.05) is 24.5 Å². The van der Waals surface area contributed by atoms with Gasteiger partial charge in [-0.25, -0.2) is 14.0 Å². The van der Waals surface area contributed by atoms with Gasteiger partial charge in [-0.3, -0.25) is 9.55 Å². The molecule has 1 saturated heterocycles. The molecule has 10 heteroatoms. The van der Waals surface area contributed by atoms with Crippen LogP contribution in [0.3, 0.4) is 0 Å². The van der Waals surface area contributed by atoms with Gasteiger partial charge in [0.15, 0.2) is 0 Å². The molecule has 226 valence electrons. The largest absolute Gasteiger partial charge is 0.444 e. The average Bonchev–Trinajstić information content (AvgIpc) is 2.92. The SMILES string of the molecule is Cc1ccnc(C(C)C)c1-n1c(=O)nc(N2CCN(C(=O)OC(C)(C)C)CC2C)c2cc(Br)c(-c3ccccc3F)cc21. The number of aromatic nitrogens is 3. The lowest BCUT2D eigenvalue weighted by molar-refractivity contribution is 0.0218. The molecule has 1 unspecified atom stereocenters. The summed E-state index contributed by atoms with van der Waals surface area (Å²) in [4.78, 5) is 39.9. The molecule has 1 aliphatic rings. The van der Waals surface area contributed by atoms with Crippen LogP contribution in [0.2, 0.25) is 0 Å². The highest BCUT2D eigenvalue weighted by atomic mass is 79.9. The van der Waals surface area contributed by atoms with Crippen molar-refractivity contribution in [1.82, 2.24) is 19.4 Å². The number of carbonyl (C=O) groups excluding carboxylic acids is 1. The van der Waals surface area contributed by atoms with E-state index in [0.29, 0.717) is 52.3 Å². The van der Waals surface area contributed by atoms with Crippen LogP contribution in [0.15, 0.2) is 57.9 Å². The lowest BCUT2D eigenvalue weighted by Gasteiger charge is -2.41. The predicted molar refractivity (Wildman–Crippen MR) is 172 cm³/mol. The Kier molecular flexibility index (Phi) is 8.35. The van der Waals surface area contributed by atoms with Crippen molar-refractivity contribution in [3.8, 4) is 16.8 Å². The molecule has 0 spiro atoms. The monoisotopic (exact) mass is 649 g/mol. The maximum Gasteiger partial charge on any atom is 0.410 e. The van der Waals surface area contributed by atoms with Gasteiger partial charge in [0.25, 0.3) is 0 Å². The minimum atomic E-state index is -0.596. The van der Waals surface area contributed by atoms with Gasteiger partial charge in [0.2, 0.25) is 0 Å². The second-order valence-electron chi connectivity index (χ2n) is 12.4. The Hall–Kier alpha value is -3.79. The molecule has 1 amide bonds. The van der Waals surface area contributed by atoms with Gasteiger partial charge >= 0.3 is 11.8 Å². The van der Waals surface area contributed by atoms with E-state index in [1.54, 1.807) is 33.9 Å². The lowest BCUT2D eigenvalue weighted by atomic mass is 10.0. The highest BCUT2D eigenvalue weighted by Gasteiger charge is 2.32. The summed E-state index contributed by atoms with van der Waals surface area (Å²) in [7, 11) is 0. The highest BCUT2D eigenvalue weighted by Crippen LogP contribution is 2.38. The molecule has 0 saturated carbocycles. The minimum absolute atomic E-state index is 0.0407. The van der Waals surface area contributed by atoms with Gasteiger partial charge in [-0.15, -0.1) is 0 Å². The third kappa shape index (κ3) is 6.02. The number of amides is 1. The number of halogens is 2. The van der Waals surface area contributed by atoms with Crippen LogP contribution in [0.1, 0.15) is 58.7 Å². The highest BCUT2D eigenvalue weighted by molar-refractivity contribution is 9.10. The number of benzene rings is 2. The number of piperazine rings is 1. The molecule has 1 aliphatic heterocycles. The van der Waals surface area contributed by atoms with Crippen LogP contribution >= 0.6 is 15.9 Å². The Morgan fingerprint density at radius 1 is 1.12 bits per heavy atom. The molecule has 0 N–H and O–H groups in total. The molecule has 8 nitrogen and oxygen atoms in total. The summed E-state index contributed by atoms with van der Waals surface area (Å²) in [6.45, 7) is 14.8. The van der Waals surface area contributed by atoms with E-state index in [4.69, 9.17) is 4.74 Å². The van der Waals surface area contributed by atoms with Crippen LogP contribution in [0, 0.1) is 12.7 Å². The van der Waals surface area contributed by atoms with E-state index in [1.165, 1.54) is 6.07 Å². The van der Waals surface area contributed by atoms with Gasteiger partial charge in [-0.2, -0.15) is 4.98 Å². The van der Waals surface area contributed by atoms with Gasteiger partial charge in [0, 0.05) is 52.9 Å². The zero-order valence-corrected chi connectivity index (χ0v) is 27.2. The summed E-state index contributed by atoms with van der Waals surface area (Å²) in [6.07, 6.45) is 1.38. The van der Waals surface area contributed by atoms with Crippen molar-refractivity contribution in [3.63, 3.8) is 0 Å². The first-order chi connectivity index (χ1) is 20.3. The van der Waals surface area contributed by atoms with E-state index >= 15 is 4.39 Å². The fourth-order valence-corrected chi connectivity index (χ4v) is 6.16. The number of hydrogen-bond donors (Lipinski definition) is 0. The standard InChI is InChI=1S/C33H37BrFN5O3/c1-19(2)28-29(20(3)12-13-36-28)40-27-17-23(22-10-8-9-11-26(22)35)25(34)16-24(27)30(37-31(40)41)39-15-14-38(18-21(39)4)32(42)43-33(5,6)7/h8-13,16-17,19,21H,14-15,18H2,1-7H3. The van der Waals surface area contributed by atoms with E-state index < -0.39 is 11.3 Å². The molecule has 0 aliphatic carbocycles. The fourth-order valence-electron chi connectivity index (χ4n) is 5.60. The number of anilines is 1. The zero-order chi connectivity index (χ0) is 31.2. The van der Waals surface area contributed by atoms with Crippen molar-refractivity contribution in [2.24, 2.45) is 0 Å². The molecule has 1 atom stereocenters. The normalized spacial score (nSPS) is 15.8. The van der Waals surface area contributed by atoms with Crippen molar-refractivity contribution in [1.29, 1.82) is 0 Å². The fraction of sp³-hybridized carbons (Fsp3) is 0.394. The van der Waals surface area contributed by atoms with Crippen molar-refractivity contribution in [3.05, 3.63) is 80.7 Å². The Balaban J connectivity index is 1.72. The number of fused-ring (bicyclic) bond motifs is 1. The van der Waals surface area contributed by atoms with Crippen LogP contribution in [0.5, 0.6) is 0 Å². The Morgan fingerprint density at radius 2 is 1.84 bits per heavy atom. The summed E-state index contributed by atoms with van der Waals surface area (Å²) in [5.74, 6) is 0.193. The topological polar surface area (TPSA) is 80.6 Å². The molecule has 4 aromatic rings. The third-order valence-corrected chi connectivity index (χ3v) is 8.26. The lowest BCUT2D eigenvalue weighted by Crippen LogP contribution is -2.55. The third-order valence-electron chi connectivity index (χ3n) is 7.60. The van der Waals surface area contributed by atoms with Crippen molar-refractivity contribution in [2.45, 2.75) is 66.0 Å². The second-order valence-corrected chi connectivity index (χ2v) is 13.2. The average molecular weight is 651 g/mol. The minimum Gasteiger partial charge on any atom is -0.444 e. The van der Waals surface area contributed by atoms with Gasteiger partial charge in [0.1, 0.15) is 17.2 Å². The van der Waals surface area contributed by atoms with E-state index in [9.17, 15) is 9.59 Å². The molecule has 2 aromatic heterocycles. The summed E-state index contributed by atoms with van der Waals surface area (Å²) in [6, 6.07) is 12.1. The Bertz CT molecular complexity index is 1760. The van der Waals surface area contributed by atoms with Crippen LogP contribution in [-0.2, 0) is 4.74 Å². The van der Waals surface area contributed by atoms with Crippen LogP contribution in [0.25, 0.3) is 27.7 Å². The first-order valence-corrected chi connectivity index (χ1v) is 15.3. The van der Waals surface area contributed by atoms with E-state index in [1.807, 2.05) is 66.7 Å². The second kappa shape index (κ2) is 11.7. The number of hydrogen-bond acceptors (Lipinski definition) is 6. The molecule has 5 rings (SSSR count). The van der Waals surface area contributed by atoms with Crippen molar-refractivity contribution >= 4 is 38.7 Å². The molecule has 2 aromatic carbocycles. The van der Waals surface area contributed by atoms with E-state index in [2.05, 4.69) is 30.8 Å². The van der Waals surface area contributed by atoms with E-state index in [0.717, 1.165) is 16.6 Å². The molecule has 0 bridgehead atoms. The molecule has 3 heterocycles. The Labute approximate surface area is 259 Å². The van der Waals surface area contributed by atoms with Crippen LogP contribution < -0.4 is 10.6 Å². The van der Waals surface area contributed by atoms with Gasteiger partial charge in [-0.05, 0) is 70.4 Å². The predicted octanol–water partition coefficient (Wildman–Crippen LogP) is 7.23. The van der Waals surface area contributed by atoms with Gasteiger partial charge in [-0.1, -0.05) is 48.0 Å². The summed E-state index contributed by atoms with van der Waals surface area (Å²) >= 11 is 3.69. The van der Waals surface area contributed by atoms with Crippen molar-refractivity contribution < 1.29 is 13.9 Å². The van der Waals surface area contributed by atoms with Gasteiger partial charge < -0.3 is 14.5 Å². The number of pyridine rings is 1. The van der Waals surface area contributed by atoms with Gasteiger partial charge in [0.05, 0.1) is 16.9 Å². The molecule has 0 radical (unpaired) electrons. The van der Waals surface area contributed by atoms with Crippen LogP contribution in [0.4, 0.5) is 15.0 Å². The molecule has 1 fully saturated rings. The summed E-state index contributed by atoms with van der Waals surface area (Å²) < 4.78 is 22.9. The number of rotatable bonds is 4. The molecular formula is C33H37BrFN5O3. The van der Waals surface area contributed by atoms with E-state index in [-0.39, 0.29) is 23.9 Å². The van der Waals surface area contributed by atoms with Crippen LogP contribution in [-0.4, -0.2) is 56.8 Å². The number of aryl methyl sites for hydroxylation is 1.